The van der Waals surface area contributed by atoms with Crippen molar-refractivity contribution in [2.45, 2.75) is 38.4 Å². The molecule has 5 heteroatoms. The van der Waals surface area contributed by atoms with Crippen molar-refractivity contribution in [2.75, 3.05) is 5.75 Å². The second-order valence-corrected chi connectivity index (χ2v) is 8.39. The Labute approximate surface area is 170 Å². The molecule has 2 aliphatic rings. The van der Waals surface area contributed by atoms with E-state index in [0.717, 1.165) is 17.9 Å². The largest absolute Gasteiger partial charge is 0.337 e. The van der Waals surface area contributed by atoms with E-state index in [1.807, 2.05) is 24.0 Å². The van der Waals surface area contributed by atoms with Gasteiger partial charge in [-0.1, -0.05) is 43.0 Å². The maximum atomic E-state index is 5.15. The number of hydrogen-bond acceptors (Lipinski definition) is 4. The van der Waals surface area contributed by atoms with E-state index in [4.69, 9.17) is 4.99 Å². The monoisotopic (exact) mass is 388 g/mol. The van der Waals surface area contributed by atoms with Crippen molar-refractivity contribution >= 4 is 16.9 Å². The third-order valence-electron chi connectivity index (χ3n) is 5.75. The van der Waals surface area contributed by atoms with E-state index < -0.39 is 0 Å². The zero-order valence-corrected chi connectivity index (χ0v) is 17.0. The van der Waals surface area contributed by atoms with Crippen molar-refractivity contribution in [3.05, 3.63) is 83.9 Å². The van der Waals surface area contributed by atoms with Gasteiger partial charge in [0.15, 0.2) is 5.17 Å². The molecule has 4 nitrogen and oxygen atoms in total. The third-order valence-corrected chi connectivity index (χ3v) is 6.88. The highest BCUT2D eigenvalue weighted by atomic mass is 32.2. The summed E-state index contributed by atoms with van der Waals surface area (Å²) in [7, 11) is 0. The van der Waals surface area contributed by atoms with Crippen LogP contribution in [0.15, 0.2) is 71.9 Å². The molecule has 142 valence electrons. The van der Waals surface area contributed by atoms with E-state index in [0.29, 0.717) is 6.04 Å². The van der Waals surface area contributed by atoms with Crippen LogP contribution in [0.3, 0.4) is 0 Å². The summed E-state index contributed by atoms with van der Waals surface area (Å²) in [4.78, 5) is 12.4. The number of rotatable bonds is 4. The minimum absolute atomic E-state index is 0.0230. The molecule has 0 amide bonds. The Morgan fingerprint density at radius 1 is 1.04 bits per heavy atom. The predicted octanol–water partition coefficient (Wildman–Crippen LogP) is 5.16. The van der Waals surface area contributed by atoms with Crippen molar-refractivity contribution in [3.63, 3.8) is 0 Å². The number of thioether (sulfide) groups is 1. The highest BCUT2D eigenvalue weighted by molar-refractivity contribution is 8.14. The number of amidine groups is 1. The van der Waals surface area contributed by atoms with Gasteiger partial charge in [0.1, 0.15) is 12.1 Å². The standard InChI is InChI=1S/C23H24N4S/c1-3-17-15-28-23-25-21(19-11-7-8-14-24-19)22(27(17)23)20-13-12-16(2)26(20)18-9-5-4-6-10-18/h4-14,17,21-22H,3,15H2,1-2H3/t17-,21+,22-/m1/s1. The normalized spacial score (nSPS) is 23.7. The summed E-state index contributed by atoms with van der Waals surface area (Å²) in [6.07, 6.45) is 3.00. The van der Waals surface area contributed by atoms with Crippen molar-refractivity contribution in [3.8, 4) is 5.69 Å². The summed E-state index contributed by atoms with van der Waals surface area (Å²) in [5.74, 6) is 1.12. The molecular weight excluding hydrogens is 364 g/mol. The third kappa shape index (κ3) is 2.76. The molecule has 3 atom stereocenters. The number of hydrogen-bond donors (Lipinski definition) is 0. The first kappa shape index (κ1) is 17.6. The summed E-state index contributed by atoms with van der Waals surface area (Å²) in [5, 5.41) is 1.17. The molecule has 0 N–H and O–H groups in total. The van der Waals surface area contributed by atoms with Crippen LogP contribution in [0.5, 0.6) is 0 Å². The van der Waals surface area contributed by atoms with Crippen LogP contribution in [-0.2, 0) is 0 Å². The van der Waals surface area contributed by atoms with Gasteiger partial charge in [0.25, 0.3) is 0 Å². The summed E-state index contributed by atoms with van der Waals surface area (Å²) in [6.45, 7) is 4.46. The first-order chi connectivity index (χ1) is 13.8. The highest BCUT2D eigenvalue weighted by Crippen LogP contribution is 2.49. The number of aromatic nitrogens is 2. The molecular formula is C23H24N4S. The van der Waals surface area contributed by atoms with Crippen LogP contribution in [0.2, 0.25) is 0 Å². The Hall–Kier alpha value is -2.53. The number of aryl methyl sites for hydroxylation is 1. The lowest BCUT2D eigenvalue weighted by molar-refractivity contribution is 0.248. The van der Waals surface area contributed by atoms with Gasteiger partial charge in [-0.2, -0.15) is 0 Å². The van der Waals surface area contributed by atoms with Gasteiger partial charge in [-0.15, -0.1) is 0 Å². The fraction of sp³-hybridized carbons (Fsp3) is 0.304. The van der Waals surface area contributed by atoms with Gasteiger partial charge in [-0.25, -0.2) is 0 Å². The van der Waals surface area contributed by atoms with Crippen molar-refractivity contribution in [1.82, 2.24) is 14.5 Å². The van der Waals surface area contributed by atoms with E-state index in [1.54, 1.807) is 0 Å². The minimum atomic E-state index is 0.0230. The highest BCUT2D eigenvalue weighted by Gasteiger charge is 2.46. The maximum Gasteiger partial charge on any atom is 0.160 e. The van der Waals surface area contributed by atoms with Gasteiger partial charge in [0.05, 0.1) is 5.69 Å². The molecule has 0 saturated carbocycles. The summed E-state index contributed by atoms with van der Waals surface area (Å²) in [6, 6.07) is 22.0. The van der Waals surface area contributed by atoms with Crippen molar-refractivity contribution in [1.29, 1.82) is 0 Å². The van der Waals surface area contributed by atoms with E-state index >= 15 is 0 Å². The molecule has 3 aromatic rings. The van der Waals surface area contributed by atoms with Crippen LogP contribution in [0, 0.1) is 6.92 Å². The molecule has 5 rings (SSSR count). The topological polar surface area (TPSA) is 33.4 Å². The SMILES string of the molecule is CC[C@@H]1CSC2=N[C@@H](c3ccccn3)[C@@H](c3ccc(C)n3-c3ccccc3)N21. The van der Waals surface area contributed by atoms with E-state index in [2.05, 4.69) is 82.9 Å². The van der Waals surface area contributed by atoms with Crippen LogP contribution in [0.25, 0.3) is 5.69 Å². The molecule has 1 saturated heterocycles. The first-order valence-electron chi connectivity index (χ1n) is 9.91. The number of fused-ring (bicyclic) bond motifs is 1. The summed E-state index contributed by atoms with van der Waals surface area (Å²) >= 11 is 1.89. The molecule has 1 fully saturated rings. The second kappa shape index (κ2) is 7.13. The average molecular weight is 389 g/mol. The smallest absolute Gasteiger partial charge is 0.160 e. The molecule has 0 bridgehead atoms. The van der Waals surface area contributed by atoms with Gasteiger partial charge in [-0.05, 0) is 49.7 Å². The molecule has 0 radical (unpaired) electrons. The molecule has 0 aliphatic carbocycles. The van der Waals surface area contributed by atoms with Crippen LogP contribution >= 0.6 is 11.8 Å². The Morgan fingerprint density at radius 2 is 1.86 bits per heavy atom. The fourth-order valence-corrected chi connectivity index (χ4v) is 5.73. The lowest BCUT2D eigenvalue weighted by atomic mass is 9.99. The van der Waals surface area contributed by atoms with Gasteiger partial charge >= 0.3 is 0 Å². The van der Waals surface area contributed by atoms with Crippen LogP contribution in [0.4, 0.5) is 0 Å². The van der Waals surface area contributed by atoms with Gasteiger partial charge in [0, 0.05) is 35.1 Å². The number of benzene rings is 1. The molecule has 2 aliphatic heterocycles. The van der Waals surface area contributed by atoms with Gasteiger partial charge < -0.3 is 9.47 Å². The summed E-state index contributed by atoms with van der Waals surface area (Å²) in [5.41, 5.74) is 4.78. The molecule has 0 unspecified atom stereocenters. The number of pyridine rings is 1. The quantitative estimate of drug-likeness (QED) is 0.619. The Kier molecular flexibility index (Phi) is 4.47. The van der Waals surface area contributed by atoms with Gasteiger partial charge in [0.2, 0.25) is 0 Å². The Bertz CT molecular complexity index is 996. The minimum Gasteiger partial charge on any atom is -0.337 e. The van der Waals surface area contributed by atoms with E-state index in [-0.39, 0.29) is 12.1 Å². The number of para-hydroxylation sites is 1. The zero-order chi connectivity index (χ0) is 19.1. The average Bonchev–Trinajstić information content (AvgIpc) is 3.42. The maximum absolute atomic E-state index is 5.15. The number of aliphatic imine (C=N–C) groups is 1. The van der Waals surface area contributed by atoms with Crippen molar-refractivity contribution in [2.24, 2.45) is 4.99 Å². The van der Waals surface area contributed by atoms with E-state index in [9.17, 15) is 0 Å². The first-order valence-corrected chi connectivity index (χ1v) is 10.9. The Morgan fingerprint density at radius 3 is 2.61 bits per heavy atom. The van der Waals surface area contributed by atoms with E-state index in [1.165, 1.54) is 22.2 Å². The fourth-order valence-electron chi connectivity index (χ4n) is 4.39. The van der Waals surface area contributed by atoms with Crippen molar-refractivity contribution < 1.29 is 0 Å². The van der Waals surface area contributed by atoms with Crippen LogP contribution < -0.4 is 0 Å². The zero-order valence-electron chi connectivity index (χ0n) is 16.2. The predicted molar refractivity (Wildman–Crippen MR) is 116 cm³/mol. The van der Waals surface area contributed by atoms with Gasteiger partial charge in [-0.3, -0.25) is 9.98 Å². The molecule has 2 aromatic heterocycles. The molecule has 1 aromatic carbocycles. The number of nitrogens with zero attached hydrogens (tertiary/aromatic N) is 4. The summed E-state index contributed by atoms with van der Waals surface area (Å²) < 4.78 is 2.38. The molecule has 28 heavy (non-hydrogen) atoms. The molecule has 0 spiro atoms. The molecule has 4 heterocycles. The Balaban J connectivity index is 1.66. The lowest BCUT2D eigenvalue weighted by Crippen LogP contribution is -2.36. The second-order valence-electron chi connectivity index (χ2n) is 7.41. The van der Waals surface area contributed by atoms with Crippen LogP contribution in [-0.4, -0.2) is 31.4 Å². The van der Waals surface area contributed by atoms with Crippen LogP contribution in [0.1, 0.15) is 42.5 Å². The lowest BCUT2D eigenvalue weighted by Gasteiger charge is -2.32.